The lowest BCUT2D eigenvalue weighted by atomic mass is 9.92. The predicted molar refractivity (Wildman–Crippen MR) is 73.0 cm³/mol. The van der Waals surface area contributed by atoms with Crippen molar-refractivity contribution < 1.29 is 0 Å². The number of nitrogen functional groups attached to an aromatic ring is 1. The van der Waals surface area contributed by atoms with Crippen molar-refractivity contribution >= 4 is 5.82 Å². The molecule has 2 aromatic rings. The van der Waals surface area contributed by atoms with Gasteiger partial charge in [0.2, 0.25) is 0 Å². The topological polar surface area (TPSA) is 38.9 Å². The summed E-state index contributed by atoms with van der Waals surface area (Å²) in [5.74, 6) is 0.570. The van der Waals surface area contributed by atoms with Crippen LogP contribution in [0.2, 0.25) is 0 Å². The Hall–Kier alpha value is -1.83. The van der Waals surface area contributed by atoms with Gasteiger partial charge in [0.25, 0.3) is 0 Å². The average molecular weight is 226 g/mol. The van der Waals surface area contributed by atoms with Crippen LogP contribution in [0.15, 0.2) is 24.3 Å². The van der Waals surface area contributed by atoms with Crippen LogP contribution in [0.25, 0.3) is 11.3 Å². The smallest absolute Gasteiger partial charge is 0.124 e. The Morgan fingerprint density at radius 3 is 2.06 bits per heavy atom. The molecule has 1 heterocycles. The van der Waals surface area contributed by atoms with Gasteiger partial charge in [0.1, 0.15) is 5.82 Å². The van der Waals surface area contributed by atoms with E-state index in [1.165, 1.54) is 27.8 Å². The number of anilines is 1. The molecule has 2 rings (SSSR count). The van der Waals surface area contributed by atoms with E-state index < -0.39 is 0 Å². The lowest BCUT2D eigenvalue weighted by molar-refractivity contribution is 1.22. The number of pyridine rings is 1. The summed E-state index contributed by atoms with van der Waals surface area (Å²) < 4.78 is 0. The third-order valence-corrected chi connectivity index (χ3v) is 3.39. The highest BCUT2D eigenvalue weighted by molar-refractivity contribution is 5.71. The molecule has 0 saturated carbocycles. The quantitative estimate of drug-likeness (QED) is 0.807. The third-order valence-electron chi connectivity index (χ3n) is 3.39. The number of hydrogen-bond acceptors (Lipinski definition) is 2. The van der Waals surface area contributed by atoms with Crippen molar-refractivity contribution in [3.8, 4) is 11.3 Å². The van der Waals surface area contributed by atoms with Gasteiger partial charge in [-0.1, -0.05) is 12.1 Å². The van der Waals surface area contributed by atoms with E-state index in [4.69, 9.17) is 5.73 Å². The molecule has 0 aliphatic carbocycles. The molecule has 0 bridgehead atoms. The van der Waals surface area contributed by atoms with Gasteiger partial charge in [-0.05, 0) is 62.1 Å². The molecule has 0 aliphatic rings. The van der Waals surface area contributed by atoms with Crippen molar-refractivity contribution in [1.29, 1.82) is 0 Å². The molecule has 88 valence electrons. The van der Waals surface area contributed by atoms with Gasteiger partial charge in [-0.15, -0.1) is 0 Å². The first-order valence-corrected chi connectivity index (χ1v) is 5.81. The Kier molecular flexibility index (Phi) is 2.88. The summed E-state index contributed by atoms with van der Waals surface area (Å²) in [6, 6.07) is 8.01. The second kappa shape index (κ2) is 4.21. The highest BCUT2D eigenvalue weighted by Crippen LogP contribution is 2.30. The molecule has 2 heteroatoms. The average Bonchev–Trinajstić information content (AvgIpc) is 2.27. The van der Waals surface area contributed by atoms with Crippen LogP contribution in [0.3, 0.4) is 0 Å². The molecule has 17 heavy (non-hydrogen) atoms. The zero-order valence-electron chi connectivity index (χ0n) is 10.8. The molecule has 0 aliphatic heterocycles. The molecule has 0 spiro atoms. The van der Waals surface area contributed by atoms with Gasteiger partial charge in [0, 0.05) is 5.56 Å². The van der Waals surface area contributed by atoms with Crippen molar-refractivity contribution in [1.82, 2.24) is 4.98 Å². The Morgan fingerprint density at radius 2 is 1.53 bits per heavy atom. The molecule has 1 aromatic heterocycles. The minimum atomic E-state index is 0.570. The molecule has 0 fully saturated rings. The van der Waals surface area contributed by atoms with Crippen molar-refractivity contribution in [3.05, 3.63) is 46.5 Å². The fourth-order valence-corrected chi connectivity index (χ4v) is 2.19. The van der Waals surface area contributed by atoms with Crippen molar-refractivity contribution in [3.63, 3.8) is 0 Å². The molecule has 1 aromatic carbocycles. The summed E-state index contributed by atoms with van der Waals surface area (Å²) in [5.41, 5.74) is 13.1. The number of nitrogens with zero attached hydrogens (tertiary/aromatic N) is 1. The van der Waals surface area contributed by atoms with E-state index in [9.17, 15) is 0 Å². The third kappa shape index (κ3) is 2.03. The second-order valence-corrected chi connectivity index (χ2v) is 4.58. The molecule has 0 saturated heterocycles. The van der Waals surface area contributed by atoms with Gasteiger partial charge < -0.3 is 5.73 Å². The zero-order chi connectivity index (χ0) is 12.6. The Morgan fingerprint density at radius 1 is 0.941 bits per heavy atom. The van der Waals surface area contributed by atoms with E-state index in [0.717, 1.165) is 5.69 Å². The minimum Gasteiger partial charge on any atom is -0.384 e. The summed E-state index contributed by atoms with van der Waals surface area (Å²) in [5, 5.41) is 0. The summed E-state index contributed by atoms with van der Waals surface area (Å²) >= 11 is 0. The lowest BCUT2D eigenvalue weighted by Gasteiger charge is -2.15. The van der Waals surface area contributed by atoms with Crippen LogP contribution in [-0.2, 0) is 0 Å². The molecule has 0 amide bonds. The largest absolute Gasteiger partial charge is 0.384 e. The molecule has 0 radical (unpaired) electrons. The van der Waals surface area contributed by atoms with Crippen LogP contribution in [0.4, 0.5) is 5.82 Å². The fraction of sp³-hybridized carbons (Fsp3) is 0.267. The van der Waals surface area contributed by atoms with Crippen LogP contribution < -0.4 is 5.73 Å². The predicted octanol–water partition coefficient (Wildman–Crippen LogP) is 3.56. The number of nitrogens with two attached hydrogens (primary N) is 1. The second-order valence-electron chi connectivity index (χ2n) is 4.58. The van der Waals surface area contributed by atoms with Gasteiger partial charge >= 0.3 is 0 Å². The Balaban J connectivity index is 2.75. The standard InChI is InChI=1S/C15H18N2/c1-9-8-10(2)12(4)15(11(9)3)13-6-5-7-14(16)17-13/h5-8H,1-4H3,(H2,16,17). The maximum absolute atomic E-state index is 5.76. The number of aromatic nitrogens is 1. The molecule has 0 unspecified atom stereocenters. The first-order chi connectivity index (χ1) is 8.00. The Bertz CT molecular complexity index is 545. The number of aryl methyl sites for hydroxylation is 2. The number of rotatable bonds is 1. The Labute approximate surface area is 103 Å². The molecule has 0 atom stereocenters. The first-order valence-electron chi connectivity index (χ1n) is 5.81. The van der Waals surface area contributed by atoms with Gasteiger partial charge in [0.05, 0.1) is 5.69 Å². The normalized spacial score (nSPS) is 10.6. The van der Waals surface area contributed by atoms with Gasteiger partial charge in [-0.3, -0.25) is 0 Å². The summed E-state index contributed by atoms with van der Waals surface area (Å²) in [4.78, 5) is 4.43. The highest BCUT2D eigenvalue weighted by atomic mass is 14.8. The molecular weight excluding hydrogens is 208 g/mol. The van der Waals surface area contributed by atoms with E-state index in [-0.39, 0.29) is 0 Å². The van der Waals surface area contributed by atoms with Crippen molar-refractivity contribution in [2.24, 2.45) is 0 Å². The van der Waals surface area contributed by atoms with Crippen LogP contribution >= 0.6 is 0 Å². The minimum absolute atomic E-state index is 0.570. The van der Waals surface area contributed by atoms with E-state index >= 15 is 0 Å². The summed E-state index contributed by atoms with van der Waals surface area (Å²) in [6.07, 6.45) is 0. The van der Waals surface area contributed by atoms with E-state index in [0.29, 0.717) is 5.82 Å². The fourth-order valence-electron chi connectivity index (χ4n) is 2.19. The first kappa shape index (κ1) is 11.6. The number of hydrogen-bond donors (Lipinski definition) is 1. The van der Waals surface area contributed by atoms with Crippen LogP contribution in [0.1, 0.15) is 22.3 Å². The van der Waals surface area contributed by atoms with Crippen LogP contribution in [0, 0.1) is 27.7 Å². The highest BCUT2D eigenvalue weighted by Gasteiger charge is 2.11. The molecule has 2 N–H and O–H groups in total. The van der Waals surface area contributed by atoms with E-state index in [1.807, 2.05) is 18.2 Å². The SMILES string of the molecule is Cc1cc(C)c(C)c(-c2cccc(N)n2)c1C. The zero-order valence-corrected chi connectivity index (χ0v) is 10.8. The maximum Gasteiger partial charge on any atom is 0.124 e. The van der Waals surface area contributed by atoms with Crippen molar-refractivity contribution in [2.45, 2.75) is 27.7 Å². The van der Waals surface area contributed by atoms with Gasteiger partial charge in [-0.2, -0.15) is 0 Å². The maximum atomic E-state index is 5.76. The monoisotopic (exact) mass is 226 g/mol. The summed E-state index contributed by atoms with van der Waals surface area (Å²) in [6.45, 7) is 8.55. The number of benzene rings is 1. The summed E-state index contributed by atoms with van der Waals surface area (Å²) in [7, 11) is 0. The lowest BCUT2D eigenvalue weighted by Crippen LogP contribution is -1.98. The van der Waals surface area contributed by atoms with Crippen molar-refractivity contribution in [2.75, 3.05) is 5.73 Å². The van der Waals surface area contributed by atoms with Crippen LogP contribution in [0.5, 0.6) is 0 Å². The van der Waals surface area contributed by atoms with E-state index in [2.05, 4.69) is 38.7 Å². The molecule has 2 nitrogen and oxygen atoms in total. The van der Waals surface area contributed by atoms with Gasteiger partial charge in [-0.25, -0.2) is 4.98 Å². The van der Waals surface area contributed by atoms with E-state index in [1.54, 1.807) is 0 Å². The molecular formula is C15H18N2. The van der Waals surface area contributed by atoms with Gasteiger partial charge in [0.15, 0.2) is 0 Å². The van der Waals surface area contributed by atoms with Crippen LogP contribution in [-0.4, -0.2) is 4.98 Å².